The highest BCUT2D eigenvalue weighted by molar-refractivity contribution is 5.98. The lowest BCUT2D eigenvalue weighted by atomic mass is 9.99. The van der Waals surface area contributed by atoms with E-state index in [0.717, 1.165) is 0 Å². The first-order chi connectivity index (χ1) is 9.06. The summed E-state index contributed by atoms with van der Waals surface area (Å²) in [6, 6.07) is 1.67. The summed E-state index contributed by atoms with van der Waals surface area (Å²) in [5, 5.41) is 13.2. The number of likely N-dealkylation sites (tertiary alicyclic amines) is 1. The molecular formula is C12H11N3O4. The van der Waals surface area contributed by atoms with Crippen LogP contribution in [0.1, 0.15) is 16.1 Å². The normalized spacial score (nSPS) is 15.5. The van der Waals surface area contributed by atoms with Gasteiger partial charge >= 0.3 is 5.97 Å². The molecule has 0 radical (unpaired) electrons. The molecule has 3 heterocycles. The van der Waals surface area contributed by atoms with Crippen molar-refractivity contribution in [2.75, 3.05) is 13.1 Å². The lowest BCUT2D eigenvalue weighted by molar-refractivity contribution is -0.146. The van der Waals surface area contributed by atoms with E-state index in [0.29, 0.717) is 22.4 Å². The Labute approximate surface area is 107 Å². The Bertz CT molecular complexity index is 673. The van der Waals surface area contributed by atoms with Crippen LogP contribution in [0.3, 0.4) is 0 Å². The third kappa shape index (κ3) is 1.83. The van der Waals surface area contributed by atoms with E-state index in [1.807, 2.05) is 0 Å². The van der Waals surface area contributed by atoms with Gasteiger partial charge in [-0.3, -0.25) is 9.59 Å². The molecule has 7 heteroatoms. The first-order valence-electron chi connectivity index (χ1n) is 5.80. The Morgan fingerprint density at radius 3 is 2.89 bits per heavy atom. The zero-order valence-corrected chi connectivity index (χ0v) is 10.2. The lowest BCUT2D eigenvalue weighted by Crippen LogP contribution is -2.53. The van der Waals surface area contributed by atoms with E-state index in [2.05, 4.69) is 10.1 Å². The first kappa shape index (κ1) is 11.6. The number of aliphatic carboxylic acids is 1. The van der Waals surface area contributed by atoms with E-state index in [1.165, 1.54) is 11.1 Å². The minimum Gasteiger partial charge on any atom is -0.481 e. The van der Waals surface area contributed by atoms with Crippen LogP contribution in [-0.4, -0.2) is 45.1 Å². The summed E-state index contributed by atoms with van der Waals surface area (Å²) < 4.78 is 4.97. The van der Waals surface area contributed by atoms with E-state index < -0.39 is 11.9 Å². The molecule has 1 amide bonds. The molecule has 7 nitrogen and oxygen atoms in total. The Morgan fingerprint density at radius 1 is 1.47 bits per heavy atom. The molecule has 0 saturated carbocycles. The maximum Gasteiger partial charge on any atom is 0.310 e. The van der Waals surface area contributed by atoms with Crippen LogP contribution < -0.4 is 0 Å². The largest absolute Gasteiger partial charge is 0.481 e. The van der Waals surface area contributed by atoms with Gasteiger partial charge in [-0.15, -0.1) is 0 Å². The highest BCUT2D eigenvalue weighted by Crippen LogP contribution is 2.21. The molecule has 3 rings (SSSR count). The highest BCUT2D eigenvalue weighted by atomic mass is 16.5. The number of carboxylic acid groups (broad SMARTS) is 1. The molecular weight excluding hydrogens is 250 g/mol. The Hall–Kier alpha value is -2.44. The molecule has 1 aliphatic rings. The first-order valence-corrected chi connectivity index (χ1v) is 5.80. The van der Waals surface area contributed by atoms with Gasteiger partial charge in [0.05, 0.1) is 22.6 Å². The molecule has 1 fully saturated rings. The monoisotopic (exact) mass is 261 g/mol. The number of pyridine rings is 1. The average Bonchev–Trinajstić information content (AvgIpc) is 2.68. The average molecular weight is 261 g/mol. The van der Waals surface area contributed by atoms with Gasteiger partial charge in [0, 0.05) is 19.3 Å². The lowest BCUT2D eigenvalue weighted by Gasteiger charge is -2.36. The number of aryl methyl sites for hydroxylation is 1. The van der Waals surface area contributed by atoms with Gasteiger partial charge in [0.15, 0.2) is 0 Å². The summed E-state index contributed by atoms with van der Waals surface area (Å²) >= 11 is 0. The molecule has 0 unspecified atom stereocenters. The molecule has 98 valence electrons. The maximum atomic E-state index is 12.1. The molecule has 0 spiro atoms. The SMILES string of the molecule is Cc1noc2ncc(C(=O)N3CC(C(=O)O)C3)cc12. The van der Waals surface area contributed by atoms with Gasteiger partial charge in [0.1, 0.15) is 0 Å². The number of nitrogens with zero attached hydrogens (tertiary/aromatic N) is 3. The van der Waals surface area contributed by atoms with Crippen molar-refractivity contribution in [3.05, 3.63) is 23.5 Å². The number of aromatic nitrogens is 2. The van der Waals surface area contributed by atoms with Crippen LogP contribution in [0.5, 0.6) is 0 Å². The van der Waals surface area contributed by atoms with E-state index in [4.69, 9.17) is 9.63 Å². The van der Waals surface area contributed by atoms with Crippen molar-refractivity contribution < 1.29 is 19.2 Å². The zero-order chi connectivity index (χ0) is 13.6. The zero-order valence-electron chi connectivity index (χ0n) is 10.2. The smallest absolute Gasteiger partial charge is 0.310 e. The van der Waals surface area contributed by atoms with Crippen molar-refractivity contribution in [3.8, 4) is 0 Å². The van der Waals surface area contributed by atoms with E-state index in [-0.39, 0.29) is 19.0 Å². The van der Waals surface area contributed by atoms with Crippen LogP contribution in [0.25, 0.3) is 11.1 Å². The molecule has 0 atom stereocenters. The van der Waals surface area contributed by atoms with Crippen LogP contribution in [0.2, 0.25) is 0 Å². The third-order valence-corrected chi connectivity index (χ3v) is 3.27. The summed E-state index contributed by atoms with van der Waals surface area (Å²) in [5.41, 5.74) is 1.48. The summed E-state index contributed by atoms with van der Waals surface area (Å²) in [6.07, 6.45) is 1.42. The Balaban J connectivity index is 1.82. The van der Waals surface area contributed by atoms with Crippen molar-refractivity contribution >= 4 is 23.0 Å². The number of hydrogen-bond acceptors (Lipinski definition) is 5. The van der Waals surface area contributed by atoms with Crippen molar-refractivity contribution in [1.29, 1.82) is 0 Å². The number of carbonyl (C=O) groups is 2. The second-order valence-corrected chi connectivity index (χ2v) is 4.59. The number of hydrogen-bond donors (Lipinski definition) is 1. The molecule has 1 aliphatic heterocycles. The van der Waals surface area contributed by atoms with Gasteiger partial charge in [0.2, 0.25) is 0 Å². The Morgan fingerprint density at radius 2 is 2.21 bits per heavy atom. The van der Waals surface area contributed by atoms with E-state index >= 15 is 0 Å². The number of fused-ring (bicyclic) bond motifs is 1. The second-order valence-electron chi connectivity index (χ2n) is 4.59. The fourth-order valence-electron chi connectivity index (χ4n) is 2.05. The van der Waals surface area contributed by atoms with Gasteiger partial charge in [-0.2, -0.15) is 0 Å². The highest BCUT2D eigenvalue weighted by Gasteiger charge is 2.36. The van der Waals surface area contributed by atoms with Crippen LogP contribution >= 0.6 is 0 Å². The predicted octanol–water partition coefficient (Wildman–Crippen LogP) is 0.688. The van der Waals surface area contributed by atoms with Crippen molar-refractivity contribution in [2.45, 2.75) is 6.92 Å². The topological polar surface area (TPSA) is 96.5 Å². The number of rotatable bonds is 2. The van der Waals surface area contributed by atoms with Crippen LogP contribution in [0.4, 0.5) is 0 Å². The second kappa shape index (κ2) is 4.04. The summed E-state index contributed by atoms with van der Waals surface area (Å²) in [4.78, 5) is 28.3. The number of carboxylic acids is 1. The number of amides is 1. The summed E-state index contributed by atoms with van der Waals surface area (Å²) in [5.74, 6) is -1.54. The van der Waals surface area contributed by atoms with Crippen molar-refractivity contribution in [3.63, 3.8) is 0 Å². The minimum absolute atomic E-state index is 0.215. The summed E-state index contributed by atoms with van der Waals surface area (Å²) in [6.45, 7) is 2.26. The van der Waals surface area contributed by atoms with Crippen LogP contribution in [-0.2, 0) is 4.79 Å². The van der Waals surface area contributed by atoms with Gasteiger partial charge < -0.3 is 14.5 Å². The molecule has 0 aromatic carbocycles. The predicted molar refractivity (Wildman–Crippen MR) is 63.6 cm³/mol. The molecule has 19 heavy (non-hydrogen) atoms. The third-order valence-electron chi connectivity index (χ3n) is 3.27. The van der Waals surface area contributed by atoms with Crippen molar-refractivity contribution in [1.82, 2.24) is 15.0 Å². The molecule has 1 N–H and O–H groups in total. The fraction of sp³-hybridized carbons (Fsp3) is 0.333. The quantitative estimate of drug-likeness (QED) is 0.854. The molecule has 1 saturated heterocycles. The summed E-state index contributed by atoms with van der Waals surface area (Å²) in [7, 11) is 0. The van der Waals surface area contributed by atoms with Crippen molar-refractivity contribution in [2.24, 2.45) is 5.92 Å². The van der Waals surface area contributed by atoms with Crippen LogP contribution in [0.15, 0.2) is 16.8 Å². The number of carbonyl (C=O) groups excluding carboxylic acids is 1. The van der Waals surface area contributed by atoms with Crippen LogP contribution in [0, 0.1) is 12.8 Å². The standard InChI is InChI=1S/C12H11N3O4/c1-6-9-2-7(3-13-10(9)19-14-6)11(16)15-4-8(5-15)12(17)18/h2-3,8H,4-5H2,1H3,(H,17,18). The Kier molecular flexibility index (Phi) is 2.48. The molecule has 2 aromatic rings. The fourth-order valence-corrected chi connectivity index (χ4v) is 2.05. The van der Waals surface area contributed by atoms with E-state index in [1.54, 1.807) is 13.0 Å². The van der Waals surface area contributed by atoms with Gasteiger partial charge in [-0.25, -0.2) is 4.98 Å². The van der Waals surface area contributed by atoms with Gasteiger partial charge in [0.25, 0.3) is 11.6 Å². The van der Waals surface area contributed by atoms with Gasteiger partial charge in [-0.05, 0) is 13.0 Å². The van der Waals surface area contributed by atoms with Gasteiger partial charge in [-0.1, -0.05) is 5.16 Å². The molecule has 0 bridgehead atoms. The van der Waals surface area contributed by atoms with E-state index in [9.17, 15) is 9.59 Å². The molecule has 0 aliphatic carbocycles. The molecule has 2 aromatic heterocycles. The maximum absolute atomic E-state index is 12.1. The minimum atomic E-state index is -0.868.